The minimum Gasteiger partial charge on any atom is -0.377 e. The molecular formula is C28H31F2N3O2. The second kappa shape index (κ2) is 11.1. The van der Waals surface area contributed by atoms with Crippen molar-refractivity contribution in [3.63, 3.8) is 0 Å². The number of anilines is 2. The molecule has 0 heterocycles. The fourth-order valence-electron chi connectivity index (χ4n) is 3.76. The largest absolute Gasteiger partial charge is 0.377 e. The van der Waals surface area contributed by atoms with E-state index in [4.69, 9.17) is 0 Å². The molecule has 1 N–H and O–H groups in total. The van der Waals surface area contributed by atoms with Gasteiger partial charge in [-0.15, -0.1) is 0 Å². The second-order valence-electron chi connectivity index (χ2n) is 9.13. The van der Waals surface area contributed by atoms with Crippen molar-refractivity contribution in [2.75, 3.05) is 24.3 Å². The highest BCUT2D eigenvalue weighted by molar-refractivity contribution is 6.04. The lowest BCUT2D eigenvalue weighted by atomic mass is 10.0. The Morgan fingerprint density at radius 3 is 2.14 bits per heavy atom. The Kier molecular flexibility index (Phi) is 8.22. The van der Waals surface area contributed by atoms with Crippen molar-refractivity contribution in [2.45, 2.75) is 33.4 Å². The molecule has 0 saturated carbocycles. The summed E-state index contributed by atoms with van der Waals surface area (Å²) < 4.78 is 27.0. The van der Waals surface area contributed by atoms with Crippen LogP contribution in [0.2, 0.25) is 0 Å². The molecule has 184 valence electrons. The van der Waals surface area contributed by atoms with Crippen LogP contribution in [0.4, 0.5) is 20.2 Å². The normalized spacial score (nSPS) is 11.8. The number of carbonyl (C=O) groups excluding carboxylic acids is 2. The smallest absolute Gasteiger partial charge is 0.255 e. The first-order chi connectivity index (χ1) is 16.6. The molecule has 2 amide bonds. The van der Waals surface area contributed by atoms with Crippen LogP contribution >= 0.6 is 0 Å². The first-order valence-corrected chi connectivity index (χ1v) is 11.5. The Bertz CT molecular complexity index is 1190. The number of halogens is 2. The van der Waals surface area contributed by atoms with E-state index in [-0.39, 0.29) is 30.0 Å². The molecule has 5 nitrogen and oxygen atoms in total. The summed E-state index contributed by atoms with van der Waals surface area (Å²) in [6, 6.07) is 16.4. The molecule has 7 heteroatoms. The van der Waals surface area contributed by atoms with Gasteiger partial charge in [0.2, 0.25) is 0 Å². The van der Waals surface area contributed by atoms with Gasteiger partial charge in [-0.3, -0.25) is 9.59 Å². The summed E-state index contributed by atoms with van der Waals surface area (Å²) in [7, 11) is 3.81. The van der Waals surface area contributed by atoms with Crippen molar-refractivity contribution in [1.82, 2.24) is 4.90 Å². The van der Waals surface area contributed by atoms with E-state index in [1.54, 1.807) is 17.0 Å². The van der Waals surface area contributed by atoms with E-state index in [1.165, 1.54) is 42.5 Å². The molecule has 0 aliphatic rings. The van der Waals surface area contributed by atoms with Crippen molar-refractivity contribution in [1.29, 1.82) is 0 Å². The maximum absolute atomic E-state index is 13.6. The van der Waals surface area contributed by atoms with Gasteiger partial charge < -0.3 is 15.1 Å². The molecule has 35 heavy (non-hydrogen) atoms. The van der Waals surface area contributed by atoms with Gasteiger partial charge in [-0.1, -0.05) is 19.9 Å². The monoisotopic (exact) mass is 479 g/mol. The highest BCUT2D eigenvalue weighted by Gasteiger charge is 2.25. The van der Waals surface area contributed by atoms with E-state index >= 15 is 0 Å². The maximum atomic E-state index is 13.6. The van der Waals surface area contributed by atoms with Gasteiger partial charge >= 0.3 is 0 Å². The van der Waals surface area contributed by atoms with Crippen LogP contribution in [0.15, 0.2) is 66.7 Å². The number of nitrogens with one attached hydrogen (secondary N) is 1. The number of hydrogen-bond acceptors (Lipinski definition) is 3. The Morgan fingerprint density at radius 1 is 0.857 bits per heavy atom. The molecule has 3 aromatic rings. The summed E-state index contributed by atoms with van der Waals surface area (Å²) >= 11 is 0. The highest BCUT2D eigenvalue weighted by atomic mass is 19.1. The topological polar surface area (TPSA) is 52.7 Å². The van der Waals surface area contributed by atoms with E-state index in [0.29, 0.717) is 11.3 Å². The molecule has 0 aliphatic heterocycles. The number of carbonyl (C=O) groups is 2. The first kappa shape index (κ1) is 25.9. The van der Waals surface area contributed by atoms with Crippen molar-refractivity contribution < 1.29 is 18.4 Å². The number of benzene rings is 3. The van der Waals surface area contributed by atoms with Gasteiger partial charge in [0, 0.05) is 49.2 Å². The minimum atomic E-state index is -0.487. The number of nitrogens with zero attached hydrogens (tertiary/aromatic N) is 2. The SMILES string of the molecule is CC(C)[C@H](C)N(Cc1cc(NC(=O)c2cccc(F)c2)ccc1N(C)C)C(=O)c1ccc(F)cc1. The van der Waals surface area contributed by atoms with Crippen LogP contribution in [0.3, 0.4) is 0 Å². The first-order valence-electron chi connectivity index (χ1n) is 11.5. The summed E-state index contributed by atoms with van der Waals surface area (Å²) in [5, 5.41) is 2.82. The number of amides is 2. The predicted molar refractivity (Wildman–Crippen MR) is 136 cm³/mol. The third-order valence-electron chi connectivity index (χ3n) is 6.06. The maximum Gasteiger partial charge on any atom is 0.255 e. The standard InChI is InChI=1S/C28H31F2N3O2/c1-18(2)19(3)33(28(35)20-9-11-23(29)12-10-20)17-22-16-25(13-14-26(22)32(4)5)31-27(34)21-7-6-8-24(30)15-21/h6-16,18-19H,17H2,1-5H3,(H,31,34)/t19-/m0/s1. The molecule has 3 aromatic carbocycles. The fourth-order valence-corrected chi connectivity index (χ4v) is 3.76. The minimum absolute atomic E-state index is 0.104. The Balaban J connectivity index is 1.95. The van der Waals surface area contributed by atoms with Gasteiger partial charge in [0.25, 0.3) is 11.8 Å². The molecule has 0 radical (unpaired) electrons. The lowest BCUT2D eigenvalue weighted by molar-refractivity contribution is 0.0628. The van der Waals surface area contributed by atoms with Crippen LogP contribution in [0, 0.1) is 17.6 Å². The molecule has 0 aliphatic carbocycles. The van der Waals surface area contributed by atoms with Gasteiger partial charge in [-0.25, -0.2) is 8.78 Å². The Hall–Kier alpha value is -3.74. The highest BCUT2D eigenvalue weighted by Crippen LogP contribution is 2.27. The van der Waals surface area contributed by atoms with E-state index in [2.05, 4.69) is 5.32 Å². The second-order valence-corrected chi connectivity index (χ2v) is 9.13. The molecular weight excluding hydrogens is 448 g/mol. The van der Waals surface area contributed by atoms with E-state index in [9.17, 15) is 18.4 Å². The number of rotatable bonds is 8. The van der Waals surface area contributed by atoms with Crippen molar-refractivity contribution in [3.05, 3.63) is 95.1 Å². The van der Waals surface area contributed by atoms with E-state index in [0.717, 1.165) is 11.3 Å². The van der Waals surface area contributed by atoms with Crippen LogP contribution < -0.4 is 10.2 Å². The zero-order valence-corrected chi connectivity index (χ0v) is 20.7. The van der Waals surface area contributed by atoms with E-state index < -0.39 is 17.5 Å². The van der Waals surface area contributed by atoms with Crippen LogP contribution in [-0.4, -0.2) is 36.9 Å². The fraction of sp³-hybridized carbons (Fsp3) is 0.286. The van der Waals surface area contributed by atoms with Crippen LogP contribution in [0.25, 0.3) is 0 Å². The van der Waals surface area contributed by atoms with Gasteiger partial charge in [0.1, 0.15) is 11.6 Å². The molecule has 0 saturated heterocycles. The lowest BCUT2D eigenvalue weighted by Crippen LogP contribution is -2.41. The quantitative estimate of drug-likeness (QED) is 0.433. The Morgan fingerprint density at radius 2 is 1.54 bits per heavy atom. The average molecular weight is 480 g/mol. The third-order valence-corrected chi connectivity index (χ3v) is 6.06. The van der Waals surface area contributed by atoms with Gasteiger partial charge in [-0.2, -0.15) is 0 Å². The molecule has 0 unspecified atom stereocenters. The van der Waals surface area contributed by atoms with Crippen LogP contribution in [0.1, 0.15) is 47.1 Å². The zero-order chi connectivity index (χ0) is 25.7. The van der Waals surface area contributed by atoms with Crippen molar-refractivity contribution in [2.24, 2.45) is 5.92 Å². The van der Waals surface area contributed by atoms with Crippen molar-refractivity contribution >= 4 is 23.2 Å². The summed E-state index contributed by atoms with van der Waals surface area (Å²) in [4.78, 5) is 29.8. The van der Waals surface area contributed by atoms with Crippen LogP contribution in [0.5, 0.6) is 0 Å². The van der Waals surface area contributed by atoms with Gasteiger partial charge in [0.05, 0.1) is 0 Å². The molecule has 3 rings (SSSR count). The van der Waals surface area contributed by atoms with Gasteiger partial charge in [0.15, 0.2) is 0 Å². The summed E-state index contributed by atoms with van der Waals surface area (Å²) in [5.74, 6) is -1.34. The molecule has 1 atom stereocenters. The lowest BCUT2D eigenvalue weighted by Gasteiger charge is -2.33. The summed E-state index contributed by atoms with van der Waals surface area (Å²) in [6.07, 6.45) is 0. The molecule has 0 aromatic heterocycles. The van der Waals surface area contributed by atoms with E-state index in [1.807, 2.05) is 51.9 Å². The summed E-state index contributed by atoms with van der Waals surface area (Å²) in [5.41, 5.74) is 2.87. The summed E-state index contributed by atoms with van der Waals surface area (Å²) in [6.45, 7) is 6.35. The average Bonchev–Trinajstić information content (AvgIpc) is 2.82. The Labute approximate surface area is 205 Å². The predicted octanol–water partition coefficient (Wildman–Crippen LogP) is 5.97. The number of hydrogen-bond donors (Lipinski definition) is 1. The third kappa shape index (κ3) is 6.44. The zero-order valence-electron chi connectivity index (χ0n) is 20.7. The molecule has 0 fully saturated rings. The molecule has 0 bridgehead atoms. The van der Waals surface area contributed by atoms with Gasteiger partial charge in [-0.05, 0) is 79.1 Å². The molecule has 0 spiro atoms. The van der Waals surface area contributed by atoms with Crippen molar-refractivity contribution in [3.8, 4) is 0 Å². The van der Waals surface area contributed by atoms with Crippen LogP contribution in [-0.2, 0) is 6.54 Å².